The van der Waals surface area contributed by atoms with Crippen molar-refractivity contribution in [2.75, 3.05) is 13.2 Å². The molecular weight excluding hydrogens is 247 g/mol. The summed E-state index contributed by atoms with van der Waals surface area (Å²) in [5.74, 6) is 0. The third-order valence-electron chi connectivity index (χ3n) is 2.11. The molecule has 0 spiro atoms. The lowest BCUT2D eigenvalue weighted by molar-refractivity contribution is 0.243. The van der Waals surface area contributed by atoms with Crippen molar-refractivity contribution in [3.05, 3.63) is 23.3 Å². The lowest BCUT2D eigenvalue weighted by Crippen LogP contribution is -1.81. The summed E-state index contributed by atoms with van der Waals surface area (Å²) in [5.41, 5.74) is 2.90. The van der Waals surface area contributed by atoms with Gasteiger partial charge >= 0.3 is 8.25 Å². The van der Waals surface area contributed by atoms with Gasteiger partial charge in [-0.1, -0.05) is 23.3 Å². The van der Waals surface area contributed by atoms with Gasteiger partial charge in [0.2, 0.25) is 0 Å². The average Bonchev–Trinajstić information content (AvgIpc) is 2.30. The minimum absolute atomic E-state index is 0.456. The molecule has 0 aromatic heterocycles. The second kappa shape index (κ2) is 14.7. The van der Waals surface area contributed by atoms with Gasteiger partial charge < -0.3 is 9.05 Å². The van der Waals surface area contributed by atoms with Crippen LogP contribution in [-0.4, -0.2) is 13.2 Å². The van der Waals surface area contributed by atoms with E-state index < -0.39 is 8.25 Å². The maximum Gasteiger partial charge on any atom is 0.319 e. The molecular formula is C14H29O3P. The normalized spacial score (nSPS) is 10.9. The third-order valence-corrected chi connectivity index (χ3v) is 3.16. The Morgan fingerprint density at radius 3 is 1.94 bits per heavy atom. The molecule has 0 bridgehead atoms. The van der Waals surface area contributed by atoms with Crippen LogP contribution in [0.2, 0.25) is 0 Å². The quantitative estimate of drug-likeness (QED) is 0.476. The number of hydrogen-bond donors (Lipinski definition) is 0. The van der Waals surface area contributed by atoms with Gasteiger partial charge in [0.1, 0.15) is 0 Å². The fourth-order valence-electron chi connectivity index (χ4n) is 1.01. The van der Waals surface area contributed by atoms with Crippen LogP contribution in [0.5, 0.6) is 0 Å². The first-order valence-corrected chi connectivity index (χ1v) is 7.75. The van der Waals surface area contributed by atoms with Gasteiger partial charge in [0.25, 0.3) is 0 Å². The molecule has 0 aromatic rings. The van der Waals surface area contributed by atoms with Crippen molar-refractivity contribution in [3.63, 3.8) is 0 Å². The highest BCUT2D eigenvalue weighted by Crippen LogP contribution is 2.21. The molecule has 0 saturated carbocycles. The monoisotopic (exact) mass is 276 g/mol. The molecule has 0 fully saturated rings. The molecule has 0 saturated heterocycles. The molecule has 0 rings (SSSR count). The summed E-state index contributed by atoms with van der Waals surface area (Å²) in [6, 6.07) is 0. The number of allylic oxidation sites excluding steroid dienone is 4. The molecule has 108 valence electrons. The zero-order valence-corrected chi connectivity index (χ0v) is 13.7. The molecule has 0 aliphatic carbocycles. The molecule has 3 nitrogen and oxygen atoms in total. The summed E-state index contributed by atoms with van der Waals surface area (Å²) >= 11 is 0. The van der Waals surface area contributed by atoms with Crippen molar-refractivity contribution in [1.82, 2.24) is 0 Å². The van der Waals surface area contributed by atoms with E-state index in [1.807, 2.05) is 0 Å². The minimum Gasteiger partial charge on any atom is -0.311 e. The Balaban J connectivity index is 0. The second-order valence-corrected chi connectivity index (χ2v) is 5.15. The molecule has 0 unspecified atom stereocenters. The maximum atomic E-state index is 10.4. The molecule has 0 radical (unpaired) electrons. The summed E-state index contributed by atoms with van der Waals surface area (Å²) < 4.78 is 19.6. The van der Waals surface area contributed by atoms with Crippen molar-refractivity contribution in [2.45, 2.75) is 54.4 Å². The van der Waals surface area contributed by atoms with Gasteiger partial charge in [-0.25, -0.2) is 0 Å². The fraction of sp³-hybridized carbons (Fsp3) is 0.714. The van der Waals surface area contributed by atoms with Crippen molar-refractivity contribution in [3.8, 4) is 0 Å². The summed E-state index contributed by atoms with van der Waals surface area (Å²) in [5, 5.41) is 0. The first-order chi connectivity index (χ1) is 8.47. The average molecular weight is 276 g/mol. The van der Waals surface area contributed by atoms with Gasteiger partial charge in [-0.2, -0.15) is 0 Å². The van der Waals surface area contributed by atoms with E-state index in [4.69, 9.17) is 0 Å². The first kappa shape index (κ1) is 20.0. The molecule has 0 heterocycles. The third kappa shape index (κ3) is 18.0. The molecule has 0 amide bonds. The van der Waals surface area contributed by atoms with E-state index in [0.29, 0.717) is 13.2 Å². The Morgan fingerprint density at radius 1 is 1.11 bits per heavy atom. The van der Waals surface area contributed by atoms with Gasteiger partial charge in [0.15, 0.2) is 0 Å². The number of rotatable bonds is 7. The zero-order valence-electron chi connectivity index (χ0n) is 12.7. The highest BCUT2D eigenvalue weighted by Gasteiger charge is 1.91. The van der Waals surface area contributed by atoms with E-state index in [1.165, 1.54) is 24.0 Å². The SMILES string of the molecule is C/C=C(\C)CCC=C(C)C.CCO[PH](=O)OCC. The predicted octanol–water partition coefficient (Wildman–Crippen LogP) is 5.15. The Morgan fingerprint density at radius 2 is 1.61 bits per heavy atom. The number of hydrogen-bond acceptors (Lipinski definition) is 3. The van der Waals surface area contributed by atoms with E-state index >= 15 is 0 Å². The Labute approximate surface area is 113 Å². The molecule has 4 heteroatoms. The van der Waals surface area contributed by atoms with Crippen LogP contribution in [0.4, 0.5) is 0 Å². The van der Waals surface area contributed by atoms with E-state index in [0.717, 1.165) is 0 Å². The summed E-state index contributed by atoms with van der Waals surface area (Å²) in [4.78, 5) is 0. The Hall–Kier alpha value is -0.370. The van der Waals surface area contributed by atoms with Gasteiger partial charge in [0, 0.05) is 0 Å². The van der Waals surface area contributed by atoms with Crippen molar-refractivity contribution in [1.29, 1.82) is 0 Å². The van der Waals surface area contributed by atoms with Crippen LogP contribution in [0.15, 0.2) is 23.3 Å². The molecule has 0 atom stereocenters. The van der Waals surface area contributed by atoms with Crippen LogP contribution in [0, 0.1) is 0 Å². The first-order valence-electron chi connectivity index (χ1n) is 6.52. The van der Waals surface area contributed by atoms with E-state index in [2.05, 4.69) is 48.9 Å². The van der Waals surface area contributed by atoms with Gasteiger partial charge in [-0.15, -0.1) is 0 Å². The summed E-state index contributed by atoms with van der Waals surface area (Å²) in [7, 11) is -2.14. The van der Waals surface area contributed by atoms with E-state index in [9.17, 15) is 4.57 Å². The topological polar surface area (TPSA) is 35.5 Å². The smallest absolute Gasteiger partial charge is 0.311 e. The zero-order chi connectivity index (χ0) is 14.4. The van der Waals surface area contributed by atoms with Crippen molar-refractivity contribution in [2.24, 2.45) is 0 Å². The van der Waals surface area contributed by atoms with Crippen LogP contribution in [0.1, 0.15) is 54.4 Å². The van der Waals surface area contributed by atoms with E-state index in [1.54, 1.807) is 13.8 Å². The van der Waals surface area contributed by atoms with Crippen LogP contribution in [0.25, 0.3) is 0 Å². The van der Waals surface area contributed by atoms with Gasteiger partial charge in [0.05, 0.1) is 13.2 Å². The maximum absolute atomic E-state index is 10.4. The molecule has 0 aliphatic heterocycles. The van der Waals surface area contributed by atoms with E-state index in [-0.39, 0.29) is 0 Å². The summed E-state index contributed by atoms with van der Waals surface area (Å²) in [6.07, 6.45) is 6.87. The summed E-state index contributed by atoms with van der Waals surface area (Å²) in [6.45, 7) is 13.0. The second-order valence-electron chi connectivity index (χ2n) is 4.07. The van der Waals surface area contributed by atoms with Crippen LogP contribution < -0.4 is 0 Å². The van der Waals surface area contributed by atoms with Crippen molar-refractivity contribution < 1.29 is 13.6 Å². The fourth-order valence-corrected chi connectivity index (χ4v) is 1.56. The van der Waals surface area contributed by atoms with Gasteiger partial charge in [-0.3, -0.25) is 4.57 Å². The molecule has 0 aliphatic rings. The largest absolute Gasteiger partial charge is 0.319 e. The standard InChI is InChI=1S/C10H18.C4H11O3P/c1-5-10(4)8-6-7-9(2)3;1-3-6-8(5)7-4-2/h5,7H,6,8H2,1-4H3;8H,3-4H2,1-2H3/b10-5+;. The molecule has 0 aromatic carbocycles. The Bertz CT molecular complexity index is 258. The van der Waals surface area contributed by atoms with Gasteiger partial charge in [-0.05, 0) is 54.4 Å². The van der Waals surface area contributed by atoms with Crippen LogP contribution >= 0.6 is 8.25 Å². The molecule has 0 N–H and O–H groups in total. The Kier molecular flexibility index (Phi) is 16.3. The highest BCUT2D eigenvalue weighted by atomic mass is 31.1. The molecule has 18 heavy (non-hydrogen) atoms. The minimum atomic E-state index is -2.14. The lowest BCUT2D eigenvalue weighted by atomic mass is 10.1. The van der Waals surface area contributed by atoms with Crippen LogP contribution in [-0.2, 0) is 13.6 Å². The van der Waals surface area contributed by atoms with Crippen LogP contribution in [0.3, 0.4) is 0 Å². The highest BCUT2D eigenvalue weighted by molar-refractivity contribution is 7.33. The predicted molar refractivity (Wildman–Crippen MR) is 80.3 cm³/mol. The lowest BCUT2D eigenvalue weighted by Gasteiger charge is -1.97. The van der Waals surface area contributed by atoms with Crippen molar-refractivity contribution >= 4 is 8.25 Å².